The number of allylic oxidation sites excluding steroid dienone is 1. The van der Waals surface area contributed by atoms with Crippen LogP contribution in [0.3, 0.4) is 0 Å². The maximum Gasteiger partial charge on any atom is 0.123 e. The van der Waals surface area contributed by atoms with Crippen LogP contribution in [0.15, 0.2) is 60.3 Å². The first-order chi connectivity index (χ1) is 11.1. The van der Waals surface area contributed by atoms with Crippen LogP contribution < -0.4 is 5.32 Å². The molecule has 0 spiro atoms. The van der Waals surface area contributed by atoms with Crippen LogP contribution in [-0.4, -0.2) is 0 Å². The first kappa shape index (κ1) is 16.2. The van der Waals surface area contributed by atoms with Gasteiger partial charge in [0.2, 0.25) is 0 Å². The second kappa shape index (κ2) is 7.72. The Hall–Kier alpha value is -3.18. The van der Waals surface area contributed by atoms with E-state index in [0.717, 1.165) is 11.1 Å². The van der Waals surface area contributed by atoms with Gasteiger partial charge in [-0.05, 0) is 35.4 Å². The number of halogens is 2. The van der Waals surface area contributed by atoms with E-state index in [0.29, 0.717) is 0 Å². The highest BCUT2D eigenvalue weighted by Crippen LogP contribution is 2.23. The van der Waals surface area contributed by atoms with Crippen molar-refractivity contribution in [3.63, 3.8) is 0 Å². The number of hydrogen-bond donors (Lipinski definition) is 1. The zero-order valence-electron chi connectivity index (χ0n) is 12.1. The van der Waals surface area contributed by atoms with Gasteiger partial charge in [-0.1, -0.05) is 24.3 Å². The number of rotatable bonds is 5. The van der Waals surface area contributed by atoms with Crippen LogP contribution in [0.2, 0.25) is 0 Å². The minimum atomic E-state index is -0.391. The molecule has 2 aromatic carbocycles. The summed E-state index contributed by atoms with van der Waals surface area (Å²) in [6.07, 6.45) is 1.45. The van der Waals surface area contributed by atoms with E-state index in [9.17, 15) is 8.78 Å². The Morgan fingerprint density at radius 3 is 1.83 bits per heavy atom. The Labute approximate surface area is 133 Å². The first-order valence-corrected chi connectivity index (χ1v) is 6.87. The Morgan fingerprint density at radius 2 is 1.43 bits per heavy atom. The summed E-state index contributed by atoms with van der Waals surface area (Å²) < 4.78 is 26.2. The minimum absolute atomic E-state index is 0.0109. The minimum Gasteiger partial charge on any atom is -0.379 e. The maximum atomic E-state index is 13.1. The van der Waals surface area contributed by atoms with Crippen molar-refractivity contribution in [1.29, 1.82) is 10.5 Å². The summed E-state index contributed by atoms with van der Waals surface area (Å²) in [4.78, 5) is 0. The fourth-order valence-corrected chi connectivity index (χ4v) is 2.09. The zero-order chi connectivity index (χ0) is 16.7. The van der Waals surface area contributed by atoms with Crippen molar-refractivity contribution in [2.24, 2.45) is 0 Å². The molecule has 0 fully saturated rings. The molecule has 0 radical (unpaired) electrons. The van der Waals surface area contributed by atoms with Gasteiger partial charge in [0.15, 0.2) is 0 Å². The molecular formula is C18H13F2N3. The van der Waals surface area contributed by atoms with Crippen LogP contribution in [0.1, 0.15) is 23.6 Å². The Kier molecular flexibility index (Phi) is 5.44. The standard InChI is InChI=1S/C18H13F2N3/c19-16-5-1-14(2-6-16)18(15-3-7-17(20)8-4-15)23-12-13(11-22)9-10-21/h1-8,12,18,23H,9H2/b13-12+. The molecule has 23 heavy (non-hydrogen) atoms. The second-order valence-corrected chi connectivity index (χ2v) is 4.82. The third kappa shape index (κ3) is 4.39. The van der Waals surface area contributed by atoms with E-state index in [4.69, 9.17) is 10.5 Å². The van der Waals surface area contributed by atoms with Crippen LogP contribution in [-0.2, 0) is 0 Å². The molecule has 2 aromatic rings. The maximum absolute atomic E-state index is 13.1. The van der Waals surface area contributed by atoms with Crippen molar-refractivity contribution in [2.75, 3.05) is 0 Å². The lowest BCUT2D eigenvalue weighted by atomic mass is 9.98. The van der Waals surface area contributed by atoms with E-state index in [1.807, 2.05) is 12.1 Å². The fourth-order valence-electron chi connectivity index (χ4n) is 2.09. The van der Waals surface area contributed by atoms with Gasteiger partial charge in [0.1, 0.15) is 11.6 Å². The molecule has 0 atom stereocenters. The van der Waals surface area contributed by atoms with Crippen molar-refractivity contribution < 1.29 is 8.78 Å². The molecule has 0 amide bonds. The van der Waals surface area contributed by atoms with Crippen molar-refractivity contribution in [3.05, 3.63) is 83.1 Å². The van der Waals surface area contributed by atoms with E-state index in [1.165, 1.54) is 30.5 Å². The molecule has 0 heterocycles. The lowest BCUT2D eigenvalue weighted by Crippen LogP contribution is -2.17. The molecule has 114 valence electrons. The zero-order valence-corrected chi connectivity index (χ0v) is 12.1. The molecule has 0 unspecified atom stereocenters. The second-order valence-electron chi connectivity index (χ2n) is 4.82. The molecule has 0 aromatic heterocycles. The highest BCUT2D eigenvalue weighted by molar-refractivity contribution is 5.34. The van der Waals surface area contributed by atoms with Crippen LogP contribution in [0, 0.1) is 34.3 Å². The molecule has 5 heteroatoms. The summed E-state index contributed by atoms with van der Waals surface area (Å²) in [5.74, 6) is -0.714. The van der Waals surface area contributed by atoms with Gasteiger partial charge in [0.05, 0.1) is 30.2 Å². The van der Waals surface area contributed by atoms with Crippen LogP contribution in [0.4, 0.5) is 8.78 Å². The van der Waals surface area contributed by atoms with E-state index < -0.39 is 6.04 Å². The number of benzene rings is 2. The summed E-state index contributed by atoms with van der Waals surface area (Å²) >= 11 is 0. The van der Waals surface area contributed by atoms with Gasteiger partial charge < -0.3 is 5.32 Å². The number of nitriles is 2. The fraction of sp³-hybridized carbons (Fsp3) is 0.111. The lowest BCUT2D eigenvalue weighted by molar-refractivity contribution is 0.622. The van der Waals surface area contributed by atoms with Crippen LogP contribution >= 0.6 is 0 Å². The summed E-state index contributed by atoms with van der Waals surface area (Å²) in [6, 6.07) is 15.2. The molecule has 0 bridgehead atoms. The number of nitrogens with zero attached hydrogens (tertiary/aromatic N) is 2. The molecule has 0 saturated carbocycles. The smallest absolute Gasteiger partial charge is 0.123 e. The molecular weight excluding hydrogens is 296 g/mol. The topological polar surface area (TPSA) is 59.6 Å². The number of nitrogens with one attached hydrogen (secondary N) is 1. The van der Waals surface area contributed by atoms with Gasteiger partial charge in [-0.25, -0.2) is 8.78 Å². The predicted molar refractivity (Wildman–Crippen MR) is 81.7 cm³/mol. The van der Waals surface area contributed by atoms with E-state index in [-0.39, 0.29) is 23.6 Å². The van der Waals surface area contributed by atoms with Crippen molar-refractivity contribution in [2.45, 2.75) is 12.5 Å². The summed E-state index contributed by atoms with van der Waals surface area (Å²) in [6.45, 7) is 0. The highest BCUT2D eigenvalue weighted by atomic mass is 19.1. The van der Waals surface area contributed by atoms with Gasteiger partial charge in [-0.2, -0.15) is 10.5 Å². The van der Waals surface area contributed by atoms with Gasteiger partial charge in [0.25, 0.3) is 0 Å². The molecule has 2 rings (SSSR count). The average molecular weight is 309 g/mol. The molecule has 1 N–H and O–H groups in total. The SMILES string of the molecule is N#CC/C(C#N)=C\NC(c1ccc(F)cc1)c1ccc(F)cc1. The molecule has 0 saturated heterocycles. The summed E-state index contributed by atoms with van der Waals surface area (Å²) in [5, 5.41) is 20.7. The monoisotopic (exact) mass is 309 g/mol. The van der Waals surface area contributed by atoms with Gasteiger partial charge in [-0.15, -0.1) is 0 Å². The largest absolute Gasteiger partial charge is 0.379 e. The molecule has 3 nitrogen and oxygen atoms in total. The van der Waals surface area contributed by atoms with E-state index in [2.05, 4.69) is 5.32 Å². The molecule has 0 aliphatic heterocycles. The van der Waals surface area contributed by atoms with Gasteiger partial charge in [0, 0.05) is 6.20 Å². The van der Waals surface area contributed by atoms with E-state index in [1.54, 1.807) is 24.3 Å². The molecule has 0 aliphatic carbocycles. The lowest BCUT2D eigenvalue weighted by Gasteiger charge is -2.19. The van der Waals surface area contributed by atoms with Gasteiger partial charge >= 0.3 is 0 Å². The van der Waals surface area contributed by atoms with Gasteiger partial charge in [-0.3, -0.25) is 0 Å². The Balaban J connectivity index is 2.35. The van der Waals surface area contributed by atoms with Crippen LogP contribution in [0.5, 0.6) is 0 Å². The third-order valence-electron chi connectivity index (χ3n) is 3.24. The Morgan fingerprint density at radius 1 is 0.957 bits per heavy atom. The summed E-state index contributed by atoms with van der Waals surface area (Å²) in [5.41, 5.74) is 1.79. The van der Waals surface area contributed by atoms with Crippen LogP contribution in [0.25, 0.3) is 0 Å². The Bertz CT molecular complexity index is 720. The number of hydrogen-bond acceptors (Lipinski definition) is 3. The summed E-state index contributed by atoms with van der Waals surface area (Å²) in [7, 11) is 0. The van der Waals surface area contributed by atoms with E-state index >= 15 is 0 Å². The molecule has 0 aliphatic rings. The first-order valence-electron chi connectivity index (χ1n) is 6.87. The quantitative estimate of drug-likeness (QED) is 0.850. The predicted octanol–water partition coefficient (Wildman–Crippen LogP) is 3.96. The average Bonchev–Trinajstić information content (AvgIpc) is 2.57. The normalized spacial score (nSPS) is 10.9. The van der Waals surface area contributed by atoms with Crippen molar-refractivity contribution >= 4 is 0 Å². The van der Waals surface area contributed by atoms with Crippen molar-refractivity contribution in [3.8, 4) is 12.1 Å². The third-order valence-corrected chi connectivity index (χ3v) is 3.24. The highest BCUT2D eigenvalue weighted by Gasteiger charge is 2.13. The van der Waals surface area contributed by atoms with Crippen molar-refractivity contribution in [1.82, 2.24) is 5.32 Å².